The number of pyridine rings is 1. The molecule has 172 valence electrons. The smallest absolute Gasteiger partial charge is 0.246 e. The van der Waals surface area contributed by atoms with Crippen molar-refractivity contribution in [3.8, 4) is 22.9 Å². The van der Waals surface area contributed by atoms with E-state index >= 15 is 0 Å². The number of rotatable bonds is 5. The number of nitrogens with zero attached hydrogens (tertiary/aromatic N) is 6. The van der Waals surface area contributed by atoms with E-state index in [1.54, 1.807) is 35.4 Å². The van der Waals surface area contributed by atoms with Crippen LogP contribution in [0.1, 0.15) is 18.9 Å². The standard InChI is InChI=1S/C24H22FN7O2/c1-2-20(33)31-10-4-6-17(13-31)32-24-21(23(26)28-14-29-24)22(30-32)15-8-9-19(27-12-15)34-18-7-3-5-16(25)11-18/h2-3,5,7-9,11-12,14,17H,1,4,6,10,13H2,(H2,26,28,29)/t17-/m1/s1. The lowest BCUT2D eigenvalue weighted by molar-refractivity contribution is -0.127. The number of hydrogen-bond acceptors (Lipinski definition) is 7. The van der Waals surface area contributed by atoms with Crippen molar-refractivity contribution in [2.24, 2.45) is 0 Å². The van der Waals surface area contributed by atoms with E-state index in [0.29, 0.717) is 52.8 Å². The van der Waals surface area contributed by atoms with E-state index in [2.05, 4.69) is 21.5 Å². The SMILES string of the molecule is C=CC(=O)N1CCC[C@@H](n2nc(-c3ccc(Oc4cccc(F)c4)nc3)c3c(N)ncnc32)C1. The Morgan fingerprint density at radius 2 is 2.12 bits per heavy atom. The summed E-state index contributed by atoms with van der Waals surface area (Å²) in [5.41, 5.74) is 8.10. The maximum Gasteiger partial charge on any atom is 0.246 e. The number of carbonyl (C=O) groups excluding carboxylic acids is 1. The van der Waals surface area contributed by atoms with Gasteiger partial charge in [-0.1, -0.05) is 12.6 Å². The summed E-state index contributed by atoms with van der Waals surface area (Å²) in [4.78, 5) is 26.9. The van der Waals surface area contributed by atoms with Crippen LogP contribution in [0.4, 0.5) is 10.2 Å². The largest absolute Gasteiger partial charge is 0.439 e. The Kier molecular flexibility index (Phi) is 5.62. The third-order valence-corrected chi connectivity index (χ3v) is 5.78. The van der Waals surface area contributed by atoms with Gasteiger partial charge in [0.05, 0.1) is 11.4 Å². The lowest BCUT2D eigenvalue weighted by atomic mass is 10.1. The number of halogens is 1. The highest BCUT2D eigenvalue weighted by molar-refractivity contribution is 5.98. The van der Waals surface area contributed by atoms with E-state index in [9.17, 15) is 9.18 Å². The molecule has 10 heteroatoms. The maximum absolute atomic E-state index is 13.4. The zero-order valence-electron chi connectivity index (χ0n) is 18.3. The molecule has 0 spiro atoms. The van der Waals surface area contributed by atoms with Crippen LogP contribution < -0.4 is 10.5 Å². The number of nitrogen functional groups attached to an aromatic ring is 1. The van der Waals surface area contributed by atoms with Gasteiger partial charge in [0.1, 0.15) is 29.4 Å². The minimum atomic E-state index is -0.391. The Labute approximate surface area is 194 Å². The van der Waals surface area contributed by atoms with Gasteiger partial charge in [0.2, 0.25) is 11.8 Å². The van der Waals surface area contributed by atoms with E-state index < -0.39 is 5.82 Å². The average molecular weight is 459 g/mol. The Bertz CT molecular complexity index is 1370. The zero-order valence-corrected chi connectivity index (χ0v) is 18.3. The number of amides is 1. The number of ether oxygens (including phenoxy) is 1. The number of carbonyl (C=O) groups is 1. The molecule has 1 aliphatic rings. The topological polar surface area (TPSA) is 112 Å². The third-order valence-electron chi connectivity index (χ3n) is 5.78. The fourth-order valence-corrected chi connectivity index (χ4v) is 4.17. The van der Waals surface area contributed by atoms with Gasteiger partial charge in [-0.25, -0.2) is 24.0 Å². The third kappa shape index (κ3) is 4.05. The molecule has 1 aromatic carbocycles. The van der Waals surface area contributed by atoms with Crippen molar-refractivity contribution in [1.29, 1.82) is 0 Å². The van der Waals surface area contributed by atoms with Crippen molar-refractivity contribution in [2.45, 2.75) is 18.9 Å². The molecule has 1 fully saturated rings. The van der Waals surface area contributed by atoms with Crippen molar-refractivity contribution >= 4 is 22.8 Å². The summed E-state index contributed by atoms with van der Waals surface area (Å²) in [7, 11) is 0. The molecule has 1 saturated heterocycles. The quantitative estimate of drug-likeness (QED) is 0.452. The van der Waals surface area contributed by atoms with E-state index in [1.807, 2.05) is 4.68 Å². The van der Waals surface area contributed by atoms with Crippen LogP contribution in [0.3, 0.4) is 0 Å². The molecule has 4 aromatic rings. The van der Waals surface area contributed by atoms with Crippen LogP contribution in [0, 0.1) is 5.82 Å². The molecule has 1 aliphatic heterocycles. The lowest BCUT2D eigenvalue weighted by Crippen LogP contribution is -2.40. The molecule has 4 heterocycles. The highest BCUT2D eigenvalue weighted by Gasteiger charge is 2.28. The fraction of sp³-hybridized carbons (Fsp3) is 0.208. The van der Waals surface area contributed by atoms with Crippen molar-refractivity contribution in [2.75, 3.05) is 18.8 Å². The van der Waals surface area contributed by atoms with Crippen molar-refractivity contribution in [3.05, 3.63) is 67.4 Å². The molecule has 0 radical (unpaired) electrons. The molecule has 0 bridgehead atoms. The minimum Gasteiger partial charge on any atom is -0.439 e. The number of likely N-dealkylation sites (tertiary alicyclic amines) is 1. The second-order valence-electron chi connectivity index (χ2n) is 7.98. The minimum absolute atomic E-state index is 0.0632. The predicted molar refractivity (Wildman–Crippen MR) is 124 cm³/mol. The first kappa shape index (κ1) is 21.5. The number of anilines is 1. The van der Waals surface area contributed by atoms with Crippen molar-refractivity contribution in [1.82, 2.24) is 29.6 Å². The Balaban J connectivity index is 1.49. The number of piperidine rings is 1. The van der Waals surface area contributed by atoms with Crippen LogP contribution in [-0.4, -0.2) is 48.6 Å². The number of hydrogen-bond donors (Lipinski definition) is 1. The van der Waals surface area contributed by atoms with Gasteiger partial charge in [-0.15, -0.1) is 0 Å². The van der Waals surface area contributed by atoms with Gasteiger partial charge in [-0.3, -0.25) is 4.79 Å². The van der Waals surface area contributed by atoms with Gasteiger partial charge in [-0.2, -0.15) is 5.10 Å². The number of fused-ring (bicyclic) bond motifs is 1. The second-order valence-corrected chi connectivity index (χ2v) is 7.98. The van der Waals surface area contributed by atoms with Crippen LogP contribution >= 0.6 is 0 Å². The summed E-state index contributed by atoms with van der Waals surface area (Å²) in [6, 6.07) is 9.26. The molecule has 1 amide bonds. The van der Waals surface area contributed by atoms with Gasteiger partial charge in [0, 0.05) is 37.0 Å². The second kappa shape index (κ2) is 8.89. The van der Waals surface area contributed by atoms with Gasteiger partial charge >= 0.3 is 0 Å². The van der Waals surface area contributed by atoms with Gasteiger partial charge in [0.15, 0.2) is 5.65 Å². The molecule has 3 aromatic heterocycles. The molecule has 0 saturated carbocycles. The van der Waals surface area contributed by atoms with E-state index in [-0.39, 0.29) is 11.9 Å². The number of aromatic nitrogens is 5. The summed E-state index contributed by atoms with van der Waals surface area (Å²) in [6.07, 6.45) is 6.04. The molecular weight excluding hydrogens is 437 g/mol. The Morgan fingerprint density at radius 1 is 1.24 bits per heavy atom. The number of benzene rings is 1. The molecule has 0 aliphatic carbocycles. The summed E-state index contributed by atoms with van der Waals surface area (Å²) < 4.78 is 20.9. The first-order valence-corrected chi connectivity index (χ1v) is 10.8. The van der Waals surface area contributed by atoms with Gasteiger partial charge in [0.25, 0.3) is 0 Å². The van der Waals surface area contributed by atoms with Crippen LogP contribution in [0.2, 0.25) is 0 Å². The Morgan fingerprint density at radius 3 is 2.88 bits per heavy atom. The first-order valence-electron chi connectivity index (χ1n) is 10.8. The van der Waals surface area contributed by atoms with E-state index in [0.717, 1.165) is 12.8 Å². The Hall–Kier alpha value is -4.34. The van der Waals surface area contributed by atoms with Crippen LogP contribution in [0.25, 0.3) is 22.3 Å². The summed E-state index contributed by atoms with van der Waals surface area (Å²) in [5.74, 6) is 0.476. The maximum atomic E-state index is 13.4. The monoisotopic (exact) mass is 459 g/mol. The summed E-state index contributed by atoms with van der Waals surface area (Å²) >= 11 is 0. The molecule has 5 rings (SSSR count). The highest BCUT2D eigenvalue weighted by atomic mass is 19.1. The van der Waals surface area contributed by atoms with Crippen LogP contribution in [0.15, 0.2) is 61.6 Å². The summed E-state index contributed by atoms with van der Waals surface area (Å²) in [5, 5.41) is 5.45. The molecule has 2 N–H and O–H groups in total. The summed E-state index contributed by atoms with van der Waals surface area (Å²) in [6.45, 7) is 4.78. The zero-order chi connectivity index (χ0) is 23.7. The first-order chi connectivity index (χ1) is 16.5. The predicted octanol–water partition coefficient (Wildman–Crippen LogP) is 3.75. The molecule has 1 atom stereocenters. The molecular formula is C24H22FN7O2. The van der Waals surface area contributed by atoms with Gasteiger partial charge < -0.3 is 15.4 Å². The normalized spacial score (nSPS) is 15.9. The number of nitrogens with two attached hydrogens (primary N) is 1. The highest BCUT2D eigenvalue weighted by Crippen LogP contribution is 2.34. The fourth-order valence-electron chi connectivity index (χ4n) is 4.17. The molecule has 9 nitrogen and oxygen atoms in total. The van der Waals surface area contributed by atoms with Gasteiger partial charge in [-0.05, 0) is 37.1 Å². The molecule has 34 heavy (non-hydrogen) atoms. The van der Waals surface area contributed by atoms with E-state index in [1.165, 1.54) is 24.5 Å². The van der Waals surface area contributed by atoms with Crippen molar-refractivity contribution < 1.29 is 13.9 Å². The lowest BCUT2D eigenvalue weighted by Gasteiger charge is -2.32. The van der Waals surface area contributed by atoms with Crippen LogP contribution in [0.5, 0.6) is 11.6 Å². The van der Waals surface area contributed by atoms with Crippen LogP contribution in [-0.2, 0) is 4.79 Å². The molecule has 0 unspecified atom stereocenters. The van der Waals surface area contributed by atoms with E-state index in [4.69, 9.17) is 15.6 Å². The average Bonchev–Trinajstić information content (AvgIpc) is 3.25. The van der Waals surface area contributed by atoms with Crippen molar-refractivity contribution in [3.63, 3.8) is 0 Å².